The topological polar surface area (TPSA) is 93.6 Å². The van der Waals surface area contributed by atoms with Gasteiger partial charge in [0.25, 0.3) is 0 Å². The van der Waals surface area contributed by atoms with Crippen LogP contribution >= 0.6 is 0 Å². The molecule has 1 spiro atoms. The maximum atomic E-state index is 9.81. The van der Waals surface area contributed by atoms with E-state index in [1.807, 2.05) is 17.0 Å². The lowest BCUT2D eigenvalue weighted by atomic mass is 10.0. The largest absolute Gasteiger partial charge is 0.361 e. The van der Waals surface area contributed by atoms with E-state index in [2.05, 4.69) is 40.8 Å². The van der Waals surface area contributed by atoms with Crippen molar-refractivity contribution >= 4 is 30.7 Å². The van der Waals surface area contributed by atoms with Crippen LogP contribution in [0, 0.1) is 16.7 Å². The Morgan fingerprint density at radius 3 is 2.79 bits per heavy atom. The lowest BCUT2D eigenvalue weighted by Gasteiger charge is -2.16. The minimum absolute atomic E-state index is 0.398. The first-order valence-electron chi connectivity index (χ1n) is 12.0. The average molecular weight is 462 g/mol. The standard InChI is InChI=1S/C24H31N7OSi/c1-33(2,3)9-8-32-15-30-13-17(11-25)20-21(16-4-5-16)28-23(29-22(20)30)27-18-12-26-31-14-24(6-7-24)10-19(18)31/h12-13,16H,4-10,14-15H2,1-3H3,(H,27,28,29). The second-order valence-corrected chi connectivity index (χ2v) is 17.0. The van der Waals surface area contributed by atoms with E-state index in [4.69, 9.17) is 14.7 Å². The van der Waals surface area contributed by atoms with Crippen LogP contribution in [0.4, 0.5) is 11.6 Å². The molecular formula is C24H31N7OSi. The first-order chi connectivity index (χ1) is 15.8. The third kappa shape index (κ3) is 3.95. The molecule has 1 aliphatic heterocycles. The predicted molar refractivity (Wildman–Crippen MR) is 129 cm³/mol. The van der Waals surface area contributed by atoms with Crippen LogP contribution in [0.25, 0.3) is 11.0 Å². The lowest BCUT2D eigenvalue weighted by Crippen LogP contribution is -2.22. The van der Waals surface area contributed by atoms with Gasteiger partial charge < -0.3 is 14.6 Å². The fraction of sp³-hybridized carbons (Fsp3) is 0.583. The Labute approximate surface area is 195 Å². The van der Waals surface area contributed by atoms with Crippen molar-refractivity contribution in [2.75, 3.05) is 11.9 Å². The van der Waals surface area contributed by atoms with Crippen molar-refractivity contribution in [3.05, 3.63) is 29.3 Å². The highest BCUT2D eigenvalue weighted by molar-refractivity contribution is 6.76. The number of hydrogen-bond acceptors (Lipinski definition) is 6. The summed E-state index contributed by atoms with van der Waals surface area (Å²) in [4.78, 5) is 9.78. The maximum Gasteiger partial charge on any atom is 0.229 e. The summed E-state index contributed by atoms with van der Waals surface area (Å²) in [6, 6.07) is 3.47. The Kier molecular flexibility index (Phi) is 4.68. The fourth-order valence-corrected chi connectivity index (χ4v) is 5.60. The first-order valence-corrected chi connectivity index (χ1v) is 15.8. The number of rotatable bonds is 8. The summed E-state index contributed by atoms with van der Waals surface area (Å²) in [7, 11) is -1.16. The Morgan fingerprint density at radius 2 is 2.09 bits per heavy atom. The Balaban J connectivity index is 1.32. The van der Waals surface area contributed by atoms with Gasteiger partial charge >= 0.3 is 0 Å². The molecule has 3 aliphatic rings. The number of hydrogen-bond donors (Lipinski definition) is 1. The predicted octanol–water partition coefficient (Wildman–Crippen LogP) is 4.77. The van der Waals surface area contributed by atoms with E-state index in [1.165, 1.54) is 18.5 Å². The summed E-state index contributed by atoms with van der Waals surface area (Å²) in [5.74, 6) is 0.988. The minimum atomic E-state index is -1.16. The number of aromatic nitrogens is 5. The first kappa shape index (κ1) is 20.9. The van der Waals surface area contributed by atoms with E-state index < -0.39 is 8.07 Å². The zero-order chi connectivity index (χ0) is 22.8. The van der Waals surface area contributed by atoms with Gasteiger partial charge in [0.15, 0.2) is 0 Å². The molecule has 0 saturated heterocycles. The summed E-state index contributed by atoms with van der Waals surface area (Å²) < 4.78 is 10.1. The van der Waals surface area contributed by atoms with Crippen molar-refractivity contribution in [1.82, 2.24) is 24.3 Å². The van der Waals surface area contributed by atoms with Crippen molar-refractivity contribution in [1.29, 1.82) is 5.26 Å². The zero-order valence-corrected chi connectivity index (χ0v) is 20.7. The molecule has 2 aliphatic carbocycles. The minimum Gasteiger partial charge on any atom is -0.361 e. The van der Waals surface area contributed by atoms with Crippen LogP contribution in [-0.2, 0) is 24.4 Å². The molecule has 0 atom stereocenters. The van der Waals surface area contributed by atoms with Crippen LogP contribution in [0.3, 0.4) is 0 Å². The van der Waals surface area contributed by atoms with E-state index in [0.29, 0.717) is 29.6 Å². The summed E-state index contributed by atoms with van der Waals surface area (Å²) in [5.41, 5.74) is 5.11. The van der Waals surface area contributed by atoms with Crippen molar-refractivity contribution in [3.8, 4) is 6.07 Å². The molecular weight excluding hydrogens is 430 g/mol. The summed E-state index contributed by atoms with van der Waals surface area (Å²) >= 11 is 0. The van der Waals surface area contributed by atoms with E-state index in [-0.39, 0.29) is 0 Å². The normalized spacial score (nSPS) is 18.6. The SMILES string of the molecule is C[Si](C)(C)CCOCn1cc(C#N)c2c(C3CC3)nc(Nc3cnn4c3CC3(CC3)C4)nc21. The molecule has 4 heterocycles. The number of ether oxygens (including phenoxy) is 1. The molecule has 3 aromatic rings. The molecule has 8 nitrogen and oxygen atoms in total. The van der Waals surface area contributed by atoms with E-state index in [0.717, 1.165) is 60.9 Å². The Bertz CT molecular complexity index is 1270. The van der Waals surface area contributed by atoms with Gasteiger partial charge in [-0.25, -0.2) is 4.98 Å². The van der Waals surface area contributed by atoms with Gasteiger partial charge in [-0.3, -0.25) is 4.68 Å². The fourth-order valence-electron chi connectivity index (χ4n) is 4.84. The van der Waals surface area contributed by atoms with Gasteiger partial charge in [0.1, 0.15) is 18.4 Å². The second-order valence-electron chi connectivity index (χ2n) is 11.3. The number of nitrogens with zero attached hydrogens (tertiary/aromatic N) is 6. The van der Waals surface area contributed by atoms with Crippen LogP contribution in [0.1, 0.15) is 48.6 Å². The molecule has 2 saturated carbocycles. The van der Waals surface area contributed by atoms with Gasteiger partial charge in [0.2, 0.25) is 5.95 Å². The highest BCUT2D eigenvalue weighted by Crippen LogP contribution is 2.54. The summed E-state index contributed by atoms with van der Waals surface area (Å²) in [6.45, 7) is 9.20. The molecule has 0 aromatic carbocycles. The molecule has 9 heteroatoms. The Morgan fingerprint density at radius 1 is 1.27 bits per heavy atom. The molecule has 6 rings (SSSR count). The molecule has 33 heavy (non-hydrogen) atoms. The highest BCUT2D eigenvalue weighted by Gasteiger charge is 2.48. The number of anilines is 2. The van der Waals surface area contributed by atoms with Crippen molar-refractivity contribution in [3.63, 3.8) is 0 Å². The number of fused-ring (bicyclic) bond motifs is 2. The van der Waals surface area contributed by atoms with Crippen LogP contribution in [0.15, 0.2) is 12.4 Å². The van der Waals surface area contributed by atoms with Crippen LogP contribution in [0.5, 0.6) is 0 Å². The van der Waals surface area contributed by atoms with E-state index in [9.17, 15) is 5.26 Å². The average Bonchev–Trinajstić information content (AvgIpc) is 3.64. The molecule has 0 bridgehead atoms. The molecule has 0 amide bonds. The van der Waals surface area contributed by atoms with Gasteiger partial charge in [-0.1, -0.05) is 19.6 Å². The molecule has 1 N–H and O–H groups in total. The van der Waals surface area contributed by atoms with Crippen LogP contribution in [-0.4, -0.2) is 39.0 Å². The summed E-state index contributed by atoms with van der Waals surface area (Å²) in [5, 5.41) is 18.8. The van der Waals surface area contributed by atoms with Crippen molar-refractivity contribution in [2.24, 2.45) is 5.41 Å². The van der Waals surface area contributed by atoms with Gasteiger partial charge in [-0.15, -0.1) is 0 Å². The number of nitriles is 1. The maximum absolute atomic E-state index is 9.81. The van der Waals surface area contributed by atoms with Crippen LogP contribution in [0.2, 0.25) is 25.7 Å². The monoisotopic (exact) mass is 461 g/mol. The lowest BCUT2D eigenvalue weighted by molar-refractivity contribution is 0.0898. The van der Waals surface area contributed by atoms with Gasteiger partial charge in [0.05, 0.1) is 34.2 Å². The van der Waals surface area contributed by atoms with E-state index >= 15 is 0 Å². The van der Waals surface area contributed by atoms with Crippen LogP contribution < -0.4 is 5.32 Å². The molecule has 2 fully saturated rings. The smallest absolute Gasteiger partial charge is 0.229 e. The molecule has 0 radical (unpaired) electrons. The Hall–Kier alpha value is -2.70. The van der Waals surface area contributed by atoms with Crippen molar-refractivity contribution < 1.29 is 4.74 Å². The number of nitrogens with one attached hydrogen (secondary N) is 1. The molecule has 172 valence electrons. The molecule has 3 aromatic heterocycles. The quantitative estimate of drug-likeness (QED) is 0.384. The third-order valence-corrected chi connectivity index (χ3v) is 8.94. The van der Waals surface area contributed by atoms with Crippen molar-refractivity contribution in [2.45, 2.75) is 77.0 Å². The highest BCUT2D eigenvalue weighted by atomic mass is 28.3. The zero-order valence-electron chi connectivity index (χ0n) is 19.7. The second kappa shape index (κ2) is 7.40. The summed E-state index contributed by atoms with van der Waals surface area (Å²) in [6.07, 6.45) is 9.66. The van der Waals surface area contributed by atoms with Gasteiger partial charge in [-0.05, 0) is 43.6 Å². The third-order valence-electron chi connectivity index (χ3n) is 7.24. The molecule has 0 unspecified atom stereocenters. The van der Waals surface area contributed by atoms with E-state index in [1.54, 1.807) is 0 Å². The van der Waals surface area contributed by atoms with Gasteiger partial charge in [0, 0.05) is 33.3 Å². The van der Waals surface area contributed by atoms with Gasteiger partial charge in [-0.2, -0.15) is 15.3 Å².